The van der Waals surface area contributed by atoms with Crippen LogP contribution in [-0.4, -0.2) is 42.8 Å². The number of carbonyl (C=O) groups excluding carboxylic acids is 2. The van der Waals surface area contributed by atoms with E-state index in [1.54, 1.807) is 44.2 Å². The van der Waals surface area contributed by atoms with Gasteiger partial charge in [-0.2, -0.15) is 0 Å². The van der Waals surface area contributed by atoms with Crippen LogP contribution in [0.25, 0.3) is 16.6 Å². The van der Waals surface area contributed by atoms with Crippen LogP contribution in [0.4, 0.5) is 5.69 Å². The van der Waals surface area contributed by atoms with E-state index in [4.69, 9.17) is 25.8 Å². The first-order valence-electron chi connectivity index (χ1n) is 13.2. The third kappa shape index (κ3) is 6.20. The quantitative estimate of drug-likeness (QED) is 0.184. The SMILES string of the molecule is CCOC(=O)Cc1c(C(=O)OCC)c2cc(Oc3ccc(Cl)cc3)ccc2n1-c1ccc(N(CC)CC)cc1. The summed E-state index contributed by atoms with van der Waals surface area (Å²) >= 11 is 6.01. The van der Waals surface area contributed by atoms with E-state index in [-0.39, 0.29) is 19.6 Å². The molecular weight excluding hydrogens is 516 g/mol. The van der Waals surface area contributed by atoms with Crippen LogP contribution in [0.5, 0.6) is 11.5 Å². The molecule has 0 atom stereocenters. The monoisotopic (exact) mass is 548 g/mol. The summed E-state index contributed by atoms with van der Waals surface area (Å²) in [7, 11) is 0. The minimum atomic E-state index is -0.510. The molecule has 0 aliphatic heterocycles. The van der Waals surface area contributed by atoms with Crippen molar-refractivity contribution in [3.8, 4) is 17.2 Å². The van der Waals surface area contributed by atoms with Crippen LogP contribution >= 0.6 is 11.6 Å². The van der Waals surface area contributed by atoms with E-state index >= 15 is 0 Å². The van der Waals surface area contributed by atoms with Gasteiger partial charge >= 0.3 is 11.9 Å². The molecule has 8 heteroatoms. The molecule has 0 spiro atoms. The highest BCUT2D eigenvalue weighted by atomic mass is 35.5. The Morgan fingerprint density at radius 1 is 0.821 bits per heavy atom. The van der Waals surface area contributed by atoms with Crippen LogP contribution in [0, 0.1) is 0 Å². The fourth-order valence-electron chi connectivity index (χ4n) is 4.67. The summed E-state index contributed by atoms with van der Waals surface area (Å²) in [5, 5.41) is 1.22. The second-order valence-corrected chi connectivity index (χ2v) is 9.22. The third-order valence-electron chi connectivity index (χ3n) is 6.42. The van der Waals surface area contributed by atoms with Gasteiger partial charge in [0.25, 0.3) is 0 Å². The molecule has 0 bridgehead atoms. The minimum absolute atomic E-state index is 0.0954. The summed E-state index contributed by atoms with van der Waals surface area (Å²) in [6.45, 7) is 9.96. The Hall–Kier alpha value is -3.97. The van der Waals surface area contributed by atoms with E-state index in [9.17, 15) is 9.59 Å². The first-order valence-corrected chi connectivity index (χ1v) is 13.6. The Balaban J connectivity index is 1.91. The van der Waals surface area contributed by atoms with Gasteiger partial charge in [0, 0.05) is 40.6 Å². The van der Waals surface area contributed by atoms with Crippen molar-refractivity contribution in [3.63, 3.8) is 0 Å². The van der Waals surface area contributed by atoms with Gasteiger partial charge in [0.1, 0.15) is 11.5 Å². The van der Waals surface area contributed by atoms with Gasteiger partial charge in [-0.05, 0) is 94.4 Å². The number of benzene rings is 3. The first-order chi connectivity index (χ1) is 18.9. The average Bonchev–Trinajstić information content (AvgIpc) is 3.24. The van der Waals surface area contributed by atoms with Crippen molar-refractivity contribution in [2.75, 3.05) is 31.2 Å². The Kier molecular flexibility index (Phi) is 9.15. The van der Waals surface area contributed by atoms with Crippen molar-refractivity contribution in [2.24, 2.45) is 0 Å². The van der Waals surface area contributed by atoms with Gasteiger partial charge < -0.3 is 23.7 Å². The molecule has 0 saturated carbocycles. The molecule has 0 radical (unpaired) electrons. The number of anilines is 1. The lowest BCUT2D eigenvalue weighted by Crippen LogP contribution is -2.21. The van der Waals surface area contributed by atoms with Crippen molar-refractivity contribution < 1.29 is 23.8 Å². The molecule has 3 aromatic carbocycles. The molecule has 0 aliphatic rings. The Labute approximate surface area is 233 Å². The molecule has 1 aromatic heterocycles. The maximum absolute atomic E-state index is 13.3. The van der Waals surface area contributed by atoms with E-state index < -0.39 is 11.9 Å². The average molecular weight is 549 g/mol. The number of hydrogen-bond donors (Lipinski definition) is 0. The first kappa shape index (κ1) is 28.0. The van der Waals surface area contributed by atoms with Gasteiger partial charge in [0.2, 0.25) is 0 Å². The maximum Gasteiger partial charge on any atom is 0.340 e. The number of fused-ring (bicyclic) bond motifs is 1. The molecule has 39 heavy (non-hydrogen) atoms. The fourth-order valence-corrected chi connectivity index (χ4v) is 4.79. The predicted octanol–water partition coefficient (Wildman–Crippen LogP) is 7.20. The summed E-state index contributed by atoms with van der Waals surface area (Å²) in [5.41, 5.74) is 3.47. The van der Waals surface area contributed by atoms with Crippen molar-refractivity contribution in [1.29, 1.82) is 0 Å². The second kappa shape index (κ2) is 12.7. The van der Waals surface area contributed by atoms with Crippen LogP contribution in [0.1, 0.15) is 43.7 Å². The molecule has 1 heterocycles. The molecule has 0 fully saturated rings. The molecule has 4 rings (SSSR count). The van der Waals surface area contributed by atoms with Gasteiger partial charge in [-0.1, -0.05) is 11.6 Å². The molecule has 0 saturated heterocycles. The number of ether oxygens (including phenoxy) is 3. The summed E-state index contributed by atoms with van der Waals surface area (Å²) in [5.74, 6) is 0.204. The molecule has 204 valence electrons. The van der Waals surface area contributed by atoms with Crippen LogP contribution in [0.3, 0.4) is 0 Å². The van der Waals surface area contributed by atoms with Gasteiger partial charge in [-0.25, -0.2) is 4.79 Å². The minimum Gasteiger partial charge on any atom is -0.466 e. The van der Waals surface area contributed by atoms with E-state index in [0.717, 1.165) is 30.0 Å². The smallest absolute Gasteiger partial charge is 0.340 e. The standard InChI is InChI=1S/C31H33ClN2O5/c1-5-33(6-2)22-11-13-23(14-12-22)34-27-18-17-25(39-24-15-9-21(32)10-16-24)19-26(27)30(31(36)38-8-4)28(34)20-29(35)37-7-3/h9-19H,5-8,20H2,1-4H3. The number of carbonyl (C=O) groups is 2. The summed E-state index contributed by atoms with van der Waals surface area (Å²) in [6, 6.07) is 20.6. The highest BCUT2D eigenvalue weighted by Gasteiger charge is 2.27. The van der Waals surface area contributed by atoms with E-state index in [1.807, 2.05) is 41.0 Å². The maximum atomic E-state index is 13.3. The highest BCUT2D eigenvalue weighted by molar-refractivity contribution is 6.30. The molecule has 4 aromatic rings. The summed E-state index contributed by atoms with van der Waals surface area (Å²) in [6.07, 6.45) is -0.0954. The van der Waals surface area contributed by atoms with Gasteiger partial charge in [0.15, 0.2) is 0 Å². The van der Waals surface area contributed by atoms with Gasteiger partial charge in [-0.3, -0.25) is 4.79 Å². The number of hydrogen-bond acceptors (Lipinski definition) is 6. The second-order valence-electron chi connectivity index (χ2n) is 8.78. The molecule has 0 aliphatic carbocycles. The van der Waals surface area contributed by atoms with E-state index in [0.29, 0.717) is 33.2 Å². The van der Waals surface area contributed by atoms with Crippen molar-refractivity contribution in [2.45, 2.75) is 34.1 Å². The van der Waals surface area contributed by atoms with Gasteiger partial charge in [-0.15, -0.1) is 0 Å². The Morgan fingerprint density at radius 3 is 2.08 bits per heavy atom. The molecule has 7 nitrogen and oxygen atoms in total. The van der Waals surface area contributed by atoms with Crippen molar-refractivity contribution in [1.82, 2.24) is 4.57 Å². The number of nitrogens with zero attached hydrogens (tertiary/aromatic N) is 2. The fraction of sp³-hybridized carbons (Fsp3) is 0.290. The van der Waals surface area contributed by atoms with Crippen LogP contribution in [0.2, 0.25) is 5.02 Å². The van der Waals surface area contributed by atoms with E-state index in [2.05, 4.69) is 18.7 Å². The number of rotatable bonds is 11. The Morgan fingerprint density at radius 2 is 1.46 bits per heavy atom. The Bertz CT molecular complexity index is 1440. The molecule has 0 N–H and O–H groups in total. The molecular formula is C31H33ClN2O5. The lowest BCUT2D eigenvalue weighted by atomic mass is 10.1. The van der Waals surface area contributed by atoms with Crippen LogP contribution < -0.4 is 9.64 Å². The highest BCUT2D eigenvalue weighted by Crippen LogP contribution is 2.35. The topological polar surface area (TPSA) is 70.0 Å². The summed E-state index contributed by atoms with van der Waals surface area (Å²) < 4.78 is 18.7. The lowest BCUT2D eigenvalue weighted by molar-refractivity contribution is -0.142. The predicted molar refractivity (Wildman–Crippen MR) is 155 cm³/mol. The zero-order chi connectivity index (χ0) is 27.9. The normalized spacial score (nSPS) is 10.9. The molecule has 0 unspecified atom stereocenters. The van der Waals surface area contributed by atoms with Gasteiger partial charge in [0.05, 0.1) is 30.7 Å². The van der Waals surface area contributed by atoms with Crippen molar-refractivity contribution in [3.05, 3.63) is 83.0 Å². The number of esters is 2. The summed E-state index contributed by atoms with van der Waals surface area (Å²) in [4.78, 5) is 28.3. The largest absolute Gasteiger partial charge is 0.466 e. The van der Waals surface area contributed by atoms with Crippen LogP contribution in [-0.2, 0) is 20.7 Å². The number of aromatic nitrogens is 1. The lowest BCUT2D eigenvalue weighted by Gasteiger charge is -2.21. The zero-order valence-electron chi connectivity index (χ0n) is 22.7. The number of halogens is 1. The molecule has 0 amide bonds. The van der Waals surface area contributed by atoms with Crippen molar-refractivity contribution >= 4 is 40.1 Å². The van der Waals surface area contributed by atoms with Crippen LogP contribution in [0.15, 0.2) is 66.7 Å². The zero-order valence-corrected chi connectivity index (χ0v) is 23.5. The third-order valence-corrected chi connectivity index (χ3v) is 6.67. The van der Waals surface area contributed by atoms with E-state index in [1.165, 1.54) is 0 Å².